The number of carbonyl (C=O) groups is 4. The average molecular weight is 732 g/mol. The fourth-order valence-corrected chi connectivity index (χ4v) is 3.69. The topological polar surface area (TPSA) is 215 Å². The number of rotatable bonds is 24. The third-order valence-electron chi connectivity index (χ3n) is 6.62. The number of amides is 1. The molecule has 3 atom stereocenters. The quantitative estimate of drug-likeness (QED) is 0.0748. The van der Waals surface area contributed by atoms with Gasteiger partial charge in [-0.05, 0) is 64.7 Å². The van der Waals surface area contributed by atoms with Crippen LogP contribution in [-0.2, 0) is 51.9 Å². The van der Waals surface area contributed by atoms with Crippen LogP contribution in [0.25, 0.3) is 0 Å². The van der Waals surface area contributed by atoms with Gasteiger partial charge in [0.25, 0.3) is 0 Å². The van der Waals surface area contributed by atoms with E-state index in [1.807, 2.05) is 0 Å². The molecule has 46 heavy (non-hydrogen) atoms. The summed E-state index contributed by atoms with van der Waals surface area (Å²) in [4.78, 5) is 49.4. The fraction of sp³-hybridized carbons (Fsp3) is 0.818. The SMILES string of the molecule is CCCCCCCC(=O)N[C@@H](C)C(=O)O.CCCCCCCC([O-])=N[C@@H](C)C(=O)O.CCCCCCCC([O-])=N[C@@H](C)C(=O)[O-].[Y+3]. The standard InChI is InChI=1S/3C11H21NO3.Y/c3*1-3-4-5-6-7-8-10(13)12-9(2)11(14)15;/h3*9H,3-8H2,1-2H3,(H,12,13)(H,14,15);/q;;;+3/p-3/t3*9-;/m000./s1. The van der Waals surface area contributed by atoms with E-state index in [0.29, 0.717) is 19.3 Å². The summed E-state index contributed by atoms with van der Waals surface area (Å²) in [7, 11) is 0. The molecule has 13 heteroatoms. The summed E-state index contributed by atoms with van der Waals surface area (Å²) in [5.74, 6) is -4.12. The predicted octanol–water partition coefficient (Wildman–Crippen LogP) is 3.76. The number of aliphatic carboxylic acids is 3. The summed E-state index contributed by atoms with van der Waals surface area (Å²) in [6.45, 7) is 10.6. The number of hydrogen-bond donors (Lipinski definition) is 3. The van der Waals surface area contributed by atoms with Gasteiger partial charge in [-0.3, -0.25) is 19.6 Å². The largest absolute Gasteiger partial charge is 3.00 e. The first-order valence-corrected chi connectivity index (χ1v) is 16.7. The van der Waals surface area contributed by atoms with Crippen LogP contribution < -0.4 is 20.6 Å². The van der Waals surface area contributed by atoms with Gasteiger partial charge in [-0.15, -0.1) is 0 Å². The molecular weight excluding hydrogens is 671 g/mol. The molecule has 0 aromatic rings. The molecule has 0 aliphatic heterocycles. The van der Waals surface area contributed by atoms with E-state index >= 15 is 0 Å². The molecule has 264 valence electrons. The van der Waals surface area contributed by atoms with Gasteiger partial charge in [-0.2, -0.15) is 0 Å². The molecule has 0 radical (unpaired) electrons. The number of carboxylic acid groups (broad SMARTS) is 3. The van der Waals surface area contributed by atoms with Crippen molar-refractivity contribution in [3.05, 3.63) is 0 Å². The Morgan fingerprint density at radius 3 is 1.24 bits per heavy atom. The Morgan fingerprint density at radius 2 is 0.913 bits per heavy atom. The number of carbonyl (C=O) groups excluding carboxylic acids is 2. The Balaban J connectivity index is -0.000000285. The second-order valence-corrected chi connectivity index (χ2v) is 11.2. The van der Waals surface area contributed by atoms with Crippen LogP contribution >= 0.6 is 0 Å². The van der Waals surface area contributed by atoms with E-state index in [0.717, 1.165) is 57.8 Å². The summed E-state index contributed by atoms with van der Waals surface area (Å²) in [5.41, 5.74) is 0. The first-order chi connectivity index (χ1) is 21.2. The zero-order valence-electron chi connectivity index (χ0n) is 29.2. The molecule has 0 bridgehead atoms. The first-order valence-electron chi connectivity index (χ1n) is 16.7. The Morgan fingerprint density at radius 1 is 0.565 bits per heavy atom. The van der Waals surface area contributed by atoms with Gasteiger partial charge in [0.1, 0.15) is 12.1 Å². The van der Waals surface area contributed by atoms with Crippen molar-refractivity contribution < 1.29 is 77.4 Å². The molecule has 0 aliphatic carbocycles. The molecule has 0 aromatic heterocycles. The minimum absolute atomic E-state index is 0. The molecule has 0 saturated heterocycles. The summed E-state index contributed by atoms with van der Waals surface area (Å²) in [5, 5.41) is 52.1. The van der Waals surface area contributed by atoms with E-state index in [1.54, 1.807) is 0 Å². The second-order valence-electron chi connectivity index (χ2n) is 11.2. The van der Waals surface area contributed by atoms with Crippen LogP contribution in [0.2, 0.25) is 0 Å². The van der Waals surface area contributed by atoms with Gasteiger partial charge in [0.2, 0.25) is 5.91 Å². The van der Waals surface area contributed by atoms with Gasteiger partial charge in [0.15, 0.2) is 0 Å². The van der Waals surface area contributed by atoms with Gasteiger partial charge in [-0.1, -0.05) is 97.8 Å². The van der Waals surface area contributed by atoms with Crippen molar-refractivity contribution in [2.45, 2.75) is 175 Å². The van der Waals surface area contributed by atoms with Crippen molar-refractivity contribution in [1.82, 2.24) is 5.32 Å². The van der Waals surface area contributed by atoms with Crippen molar-refractivity contribution in [2.24, 2.45) is 9.98 Å². The monoisotopic (exact) mass is 731 g/mol. The minimum Gasteiger partial charge on any atom is -0.862 e. The van der Waals surface area contributed by atoms with Crippen LogP contribution in [0.15, 0.2) is 9.98 Å². The van der Waals surface area contributed by atoms with Crippen molar-refractivity contribution in [2.75, 3.05) is 0 Å². The number of carboxylic acids is 3. The maximum absolute atomic E-state index is 11.2. The molecule has 3 N–H and O–H groups in total. The maximum Gasteiger partial charge on any atom is 3.00 e. The van der Waals surface area contributed by atoms with E-state index in [4.69, 9.17) is 10.2 Å². The number of hydrogen-bond acceptors (Lipinski definition) is 9. The number of unbranched alkanes of at least 4 members (excludes halogenated alkanes) is 12. The number of nitrogens with one attached hydrogen (secondary N) is 1. The molecule has 0 aliphatic rings. The van der Waals surface area contributed by atoms with E-state index in [1.165, 1.54) is 59.3 Å². The normalized spacial score (nSPS) is 13.0. The van der Waals surface area contributed by atoms with E-state index in [-0.39, 0.29) is 50.4 Å². The number of aliphatic imine (C=N–C) groups is 2. The Kier molecular flexibility index (Phi) is 39.5. The molecule has 0 spiro atoms. The molecule has 0 rings (SSSR count). The van der Waals surface area contributed by atoms with E-state index in [9.17, 15) is 34.5 Å². The third kappa shape index (κ3) is 38.1. The molecule has 0 heterocycles. The van der Waals surface area contributed by atoms with Gasteiger partial charge < -0.3 is 35.6 Å². The van der Waals surface area contributed by atoms with Crippen LogP contribution in [-0.4, -0.2) is 63.9 Å². The smallest absolute Gasteiger partial charge is 0.862 e. The molecule has 12 nitrogen and oxygen atoms in total. The first kappa shape index (κ1) is 50.8. The molecular formula is C33H60N3O9Y. The van der Waals surface area contributed by atoms with Gasteiger partial charge in [0.05, 0.1) is 12.0 Å². The van der Waals surface area contributed by atoms with E-state index in [2.05, 4.69) is 36.1 Å². The van der Waals surface area contributed by atoms with Crippen molar-refractivity contribution >= 4 is 35.6 Å². The summed E-state index contributed by atoms with van der Waals surface area (Å²) in [6, 6.07) is -2.71. The summed E-state index contributed by atoms with van der Waals surface area (Å²) >= 11 is 0. The van der Waals surface area contributed by atoms with Crippen LogP contribution in [0.1, 0.15) is 157 Å². The van der Waals surface area contributed by atoms with Gasteiger partial charge >= 0.3 is 44.6 Å². The maximum atomic E-state index is 11.2. The minimum atomic E-state index is -1.30. The zero-order valence-corrected chi connectivity index (χ0v) is 32.0. The second kappa shape index (κ2) is 35.8. The summed E-state index contributed by atoms with van der Waals surface area (Å²) in [6.07, 6.45) is 17.2. The molecule has 0 fully saturated rings. The van der Waals surface area contributed by atoms with Crippen LogP contribution in [0, 0.1) is 0 Å². The Labute approximate surface area is 302 Å². The van der Waals surface area contributed by atoms with Crippen molar-refractivity contribution in [3.8, 4) is 0 Å². The van der Waals surface area contributed by atoms with Crippen molar-refractivity contribution in [1.29, 1.82) is 0 Å². The van der Waals surface area contributed by atoms with Crippen molar-refractivity contribution in [3.63, 3.8) is 0 Å². The van der Waals surface area contributed by atoms with Crippen LogP contribution in [0.5, 0.6) is 0 Å². The van der Waals surface area contributed by atoms with Gasteiger partial charge in [0, 0.05) is 6.42 Å². The Bertz CT molecular complexity index is 808. The average Bonchev–Trinajstić information content (AvgIpc) is 2.97. The summed E-state index contributed by atoms with van der Waals surface area (Å²) < 4.78 is 0. The third-order valence-corrected chi connectivity index (χ3v) is 6.62. The molecule has 0 aromatic carbocycles. The van der Waals surface area contributed by atoms with Gasteiger partial charge in [-0.25, -0.2) is 4.79 Å². The molecule has 0 unspecified atom stereocenters. The number of nitrogens with zero attached hydrogens (tertiary/aromatic N) is 2. The predicted molar refractivity (Wildman–Crippen MR) is 172 cm³/mol. The zero-order chi connectivity index (χ0) is 35.0. The van der Waals surface area contributed by atoms with E-state index < -0.39 is 36.0 Å². The molecule has 1 amide bonds. The van der Waals surface area contributed by atoms with Crippen LogP contribution in [0.3, 0.4) is 0 Å². The fourth-order valence-electron chi connectivity index (χ4n) is 3.69. The Hall–Kier alpha value is -2.08. The van der Waals surface area contributed by atoms with Crippen LogP contribution in [0.4, 0.5) is 0 Å². The molecule has 0 saturated carbocycles.